The van der Waals surface area contributed by atoms with Gasteiger partial charge in [0.05, 0.1) is 22.9 Å². The average Bonchev–Trinajstić information content (AvgIpc) is 3.13. The zero-order valence-electron chi connectivity index (χ0n) is 15.6. The van der Waals surface area contributed by atoms with Crippen LogP contribution in [0, 0.1) is 5.92 Å². The van der Waals surface area contributed by atoms with Crippen LogP contribution in [0.15, 0.2) is 30.3 Å². The summed E-state index contributed by atoms with van der Waals surface area (Å²) in [6, 6.07) is 10.2. The highest BCUT2D eigenvalue weighted by Gasteiger charge is 2.33. The molecule has 1 unspecified atom stereocenters. The molecule has 1 saturated carbocycles. The average molecular weight is 384 g/mol. The van der Waals surface area contributed by atoms with E-state index < -0.39 is 11.0 Å². The lowest BCUT2D eigenvalue weighted by Gasteiger charge is -2.20. The molecule has 8 heteroatoms. The molecule has 1 fully saturated rings. The minimum absolute atomic E-state index is 0.0600. The number of carbonyl (C=O) groups excluding carboxylic acids is 2. The quantitative estimate of drug-likeness (QED) is 0.420. The maximum atomic E-state index is 11.4. The molecule has 1 aromatic rings. The van der Waals surface area contributed by atoms with Gasteiger partial charge in [0.1, 0.15) is 6.73 Å². The highest BCUT2D eigenvalue weighted by atomic mass is 32.2. The molecule has 1 amide bonds. The van der Waals surface area contributed by atoms with E-state index in [9.17, 15) is 13.8 Å². The molecule has 0 heterocycles. The van der Waals surface area contributed by atoms with Crippen LogP contribution in [0.1, 0.15) is 37.8 Å². The first kappa shape index (κ1) is 22.3. The Hall–Kier alpha value is -1.77. The number of nitrogens with zero attached hydrogens (tertiary/aromatic N) is 1. The van der Waals surface area contributed by atoms with Crippen LogP contribution >= 0.6 is 0 Å². The van der Waals surface area contributed by atoms with Gasteiger partial charge in [0.25, 0.3) is 0 Å². The summed E-state index contributed by atoms with van der Waals surface area (Å²) in [7, 11) is 0.841. The molecule has 3 N–H and O–H groups in total. The van der Waals surface area contributed by atoms with E-state index in [-0.39, 0.29) is 30.7 Å². The SMILES string of the molecule is CN([C@@H]1CC[C@H](C(=O)OCN)C1)S(C)=O.C[C@H](NC=O)c1ccccc1. The monoisotopic (exact) mass is 383 g/mol. The van der Waals surface area contributed by atoms with Crippen LogP contribution in [0.4, 0.5) is 0 Å². The van der Waals surface area contributed by atoms with E-state index in [0.29, 0.717) is 0 Å². The Morgan fingerprint density at radius 1 is 1.42 bits per heavy atom. The number of esters is 1. The molecule has 0 aromatic heterocycles. The van der Waals surface area contributed by atoms with Gasteiger partial charge in [0.2, 0.25) is 6.41 Å². The van der Waals surface area contributed by atoms with Crippen LogP contribution in [-0.4, -0.2) is 47.0 Å². The van der Waals surface area contributed by atoms with Crippen molar-refractivity contribution in [2.75, 3.05) is 20.0 Å². The summed E-state index contributed by atoms with van der Waals surface area (Å²) in [5, 5.41) is 2.68. The molecule has 0 radical (unpaired) electrons. The Morgan fingerprint density at radius 2 is 2.08 bits per heavy atom. The molecule has 1 aromatic carbocycles. The Morgan fingerprint density at radius 3 is 2.62 bits per heavy atom. The van der Waals surface area contributed by atoms with Crippen LogP contribution in [0.5, 0.6) is 0 Å². The maximum Gasteiger partial charge on any atom is 0.310 e. The number of hydrogen-bond donors (Lipinski definition) is 2. The van der Waals surface area contributed by atoms with Gasteiger partial charge in [-0.15, -0.1) is 0 Å². The first-order valence-corrected chi connectivity index (χ1v) is 10.1. The second kappa shape index (κ2) is 11.8. The van der Waals surface area contributed by atoms with Crippen molar-refractivity contribution in [1.29, 1.82) is 0 Å². The highest BCUT2D eigenvalue weighted by Crippen LogP contribution is 2.30. The largest absolute Gasteiger partial charge is 0.450 e. The predicted octanol–water partition coefficient (Wildman–Crippen LogP) is 1.33. The molecule has 7 nitrogen and oxygen atoms in total. The van der Waals surface area contributed by atoms with Crippen LogP contribution < -0.4 is 11.1 Å². The first-order valence-electron chi connectivity index (χ1n) is 8.58. The zero-order valence-corrected chi connectivity index (χ0v) is 16.4. The van der Waals surface area contributed by atoms with Crippen molar-refractivity contribution >= 4 is 23.4 Å². The van der Waals surface area contributed by atoms with E-state index in [2.05, 4.69) is 5.32 Å². The van der Waals surface area contributed by atoms with Crippen LogP contribution in [-0.2, 0) is 25.3 Å². The van der Waals surface area contributed by atoms with Gasteiger partial charge < -0.3 is 10.1 Å². The summed E-state index contributed by atoms with van der Waals surface area (Å²) >= 11 is 0. The van der Waals surface area contributed by atoms with Gasteiger partial charge in [-0.3, -0.25) is 15.3 Å². The van der Waals surface area contributed by atoms with E-state index in [0.717, 1.165) is 31.2 Å². The zero-order chi connectivity index (χ0) is 19.5. The van der Waals surface area contributed by atoms with Crippen molar-refractivity contribution in [2.24, 2.45) is 11.7 Å². The number of amides is 1. The smallest absolute Gasteiger partial charge is 0.310 e. The van der Waals surface area contributed by atoms with Crippen LogP contribution in [0.2, 0.25) is 0 Å². The van der Waals surface area contributed by atoms with Crippen molar-refractivity contribution in [3.05, 3.63) is 35.9 Å². The van der Waals surface area contributed by atoms with Crippen LogP contribution in [0.25, 0.3) is 0 Å². The van der Waals surface area contributed by atoms with Gasteiger partial charge in [0, 0.05) is 19.3 Å². The molecule has 0 spiro atoms. The Balaban J connectivity index is 0.000000273. The molecule has 0 saturated heterocycles. The summed E-state index contributed by atoms with van der Waals surface area (Å²) in [5.41, 5.74) is 6.26. The number of nitrogens with one attached hydrogen (secondary N) is 1. The number of benzene rings is 1. The van der Waals surface area contributed by atoms with Gasteiger partial charge in [-0.1, -0.05) is 30.3 Å². The van der Waals surface area contributed by atoms with E-state index >= 15 is 0 Å². The van der Waals surface area contributed by atoms with Crippen molar-refractivity contribution in [3.8, 4) is 0 Å². The van der Waals surface area contributed by atoms with Gasteiger partial charge in [-0.2, -0.15) is 0 Å². The summed E-state index contributed by atoms with van der Waals surface area (Å²) in [6.45, 7) is 1.89. The molecular weight excluding hydrogens is 354 g/mol. The topological polar surface area (TPSA) is 102 Å². The standard InChI is InChI=1S/C9H18N2O3S.C9H11NO/c1-11(15(2)13)8-4-3-7(5-8)9(12)14-6-10;1-8(10-7-11)9-5-3-2-4-6-9/h7-8H,3-6,10H2,1-2H3;2-8H,1H3,(H,10,11)/t7-,8+,15?;8-/m00/s1. The fraction of sp³-hybridized carbons (Fsp3) is 0.556. The maximum absolute atomic E-state index is 11.4. The minimum atomic E-state index is -0.976. The lowest BCUT2D eigenvalue weighted by molar-refractivity contribution is -0.148. The normalized spacial score (nSPS) is 21.3. The van der Waals surface area contributed by atoms with E-state index in [1.165, 1.54) is 0 Å². The van der Waals surface area contributed by atoms with E-state index in [4.69, 9.17) is 10.5 Å². The third-order valence-corrected chi connectivity index (χ3v) is 5.61. The number of ether oxygens (including phenoxy) is 1. The van der Waals surface area contributed by atoms with Gasteiger partial charge in [-0.05, 0) is 31.7 Å². The number of nitrogens with two attached hydrogens (primary N) is 1. The molecular formula is C18H29N3O4S. The molecule has 0 bridgehead atoms. The summed E-state index contributed by atoms with van der Waals surface area (Å²) in [5.74, 6) is -0.306. The Labute approximate surface area is 157 Å². The third-order valence-electron chi connectivity index (χ3n) is 4.50. The molecule has 1 aliphatic rings. The van der Waals surface area contributed by atoms with Crippen LogP contribution in [0.3, 0.4) is 0 Å². The number of hydrogen-bond acceptors (Lipinski definition) is 5. The van der Waals surface area contributed by atoms with E-state index in [1.54, 1.807) is 10.6 Å². The molecule has 146 valence electrons. The van der Waals surface area contributed by atoms with Gasteiger partial charge in [0.15, 0.2) is 0 Å². The van der Waals surface area contributed by atoms with Gasteiger partial charge in [-0.25, -0.2) is 8.51 Å². The third kappa shape index (κ3) is 7.23. The van der Waals surface area contributed by atoms with Crippen molar-refractivity contribution in [2.45, 2.75) is 38.3 Å². The van der Waals surface area contributed by atoms with Crippen molar-refractivity contribution < 1.29 is 18.5 Å². The Bertz CT molecular complexity index is 585. The molecule has 26 heavy (non-hydrogen) atoms. The lowest BCUT2D eigenvalue weighted by atomic mass is 10.1. The highest BCUT2D eigenvalue weighted by molar-refractivity contribution is 7.81. The summed E-state index contributed by atoms with van der Waals surface area (Å²) in [6.07, 6.45) is 4.77. The predicted molar refractivity (Wildman–Crippen MR) is 102 cm³/mol. The second-order valence-corrected chi connectivity index (χ2v) is 7.60. The Kier molecular flexibility index (Phi) is 10.1. The van der Waals surface area contributed by atoms with E-state index in [1.807, 2.05) is 44.3 Å². The number of carbonyl (C=O) groups is 2. The summed E-state index contributed by atoms with van der Waals surface area (Å²) in [4.78, 5) is 21.5. The van der Waals surface area contributed by atoms with Crippen molar-refractivity contribution in [1.82, 2.24) is 9.62 Å². The minimum Gasteiger partial charge on any atom is -0.450 e. The van der Waals surface area contributed by atoms with Crippen molar-refractivity contribution in [3.63, 3.8) is 0 Å². The molecule has 1 aliphatic carbocycles. The molecule has 2 rings (SSSR count). The summed E-state index contributed by atoms with van der Waals surface area (Å²) < 4.78 is 17.8. The number of rotatable bonds is 7. The molecule has 4 atom stereocenters. The lowest BCUT2D eigenvalue weighted by Crippen LogP contribution is -2.31. The fourth-order valence-corrected chi connectivity index (χ4v) is 3.46. The molecule has 0 aliphatic heterocycles. The second-order valence-electron chi connectivity index (χ2n) is 6.18. The fourth-order valence-electron chi connectivity index (χ4n) is 2.85. The van der Waals surface area contributed by atoms with Gasteiger partial charge >= 0.3 is 5.97 Å². The first-order chi connectivity index (χ1) is 12.4.